The van der Waals surface area contributed by atoms with Gasteiger partial charge in [0.05, 0.1) is 11.5 Å². The molecule has 23 heavy (non-hydrogen) atoms. The monoisotopic (exact) mass is 316 g/mol. The molecule has 126 valence electrons. The van der Waals surface area contributed by atoms with Gasteiger partial charge < -0.3 is 5.32 Å². The van der Waals surface area contributed by atoms with Crippen LogP contribution in [0, 0.1) is 12.3 Å². The summed E-state index contributed by atoms with van der Waals surface area (Å²) in [7, 11) is 0. The molecule has 3 amide bonds. The van der Waals surface area contributed by atoms with E-state index in [0.717, 1.165) is 31.2 Å². The Morgan fingerprint density at radius 3 is 2.30 bits per heavy atom. The molecule has 1 fully saturated rings. The van der Waals surface area contributed by atoms with Gasteiger partial charge >= 0.3 is 6.03 Å². The first-order valence-electron chi connectivity index (χ1n) is 8.66. The van der Waals surface area contributed by atoms with Crippen LogP contribution in [-0.2, 0) is 4.79 Å². The van der Waals surface area contributed by atoms with Crippen molar-refractivity contribution in [1.82, 2.24) is 10.2 Å². The van der Waals surface area contributed by atoms with E-state index in [1.165, 1.54) is 10.5 Å². The molecule has 1 aromatic rings. The molecular formula is C19H28N2O2. The van der Waals surface area contributed by atoms with E-state index in [9.17, 15) is 9.59 Å². The van der Waals surface area contributed by atoms with E-state index in [1.54, 1.807) is 0 Å². The number of rotatable bonds is 6. The third-order valence-electron chi connectivity index (χ3n) is 5.11. The van der Waals surface area contributed by atoms with Crippen molar-refractivity contribution in [3.63, 3.8) is 0 Å². The lowest BCUT2D eigenvalue weighted by Gasteiger charge is -2.47. The first-order valence-corrected chi connectivity index (χ1v) is 8.66. The minimum absolute atomic E-state index is 0.0286. The molecule has 0 saturated carbocycles. The molecule has 4 heteroatoms. The number of nitrogens with zero attached hydrogens (tertiary/aromatic N) is 1. The third-order valence-corrected chi connectivity index (χ3v) is 5.11. The summed E-state index contributed by atoms with van der Waals surface area (Å²) in [6, 6.07) is 7.91. The molecule has 1 aliphatic heterocycles. The van der Waals surface area contributed by atoms with E-state index in [0.29, 0.717) is 6.54 Å². The minimum atomic E-state index is -0.318. The number of aryl methyl sites for hydroxylation is 1. The van der Waals surface area contributed by atoms with Crippen molar-refractivity contribution in [2.24, 2.45) is 5.41 Å². The predicted octanol–water partition coefficient (Wildman–Crippen LogP) is 4.19. The summed E-state index contributed by atoms with van der Waals surface area (Å²) >= 11 is 0. The lowest BCUT2D eigenvalue weighted by Crippen LogP contribution is -2.65. The molecule has 1 N–H and O–H groups in total. The summed E-state index contributed by atoms with van der Waals surface area (Å²) in [4.78, 5) is 26.2. The fourth-order valence-corrected chi connectivity index (χ4v) is 3.21. The van der Waals surface area contributed by atoms with Crippen LogP contribution in [0.15, 0.2) is 24.3 Å². The Hall–Kier alpha value is -1.84. The van der Waals surface area contributed by atoms with Gasteiger partial charge in [0, 0.05) is 6.54 Å². The van der Waals surface area contributed by atoms with Gasteiger partial charge in [0.2, 0.25) is 5.91 Å². The third kappa shape index (κ3) is 3.41. The SMILES string of the molecule is CCCC(NC(=O)N1CC(CC)(CC)C1=O)c1ccc(C)cc1. The van der Waals surface area contributed by atoms with Crippen molar-refractivity contribution in [3.05, 3.63) is 35.4 Å². The van der Waals surface area contributed by atoms with Crippen LogP contribution in [0.4, 0.5) is 4.79 Å². The van der Waals surface area contributed by atoms with Crippen molar-refractivity contribution >= 4 is 11.9 Å². The van der Waals surface area contributed by atoms with Gasteiger partial charge in [0.15, 0.2) is 0 Å². The zero-order chi connectivity index (χ0) is 17.0. The lowest BCUT2D eigenvalue weighted by atomic mass is 9.74. The number of urea groups is 1. The highest BCUT2D eigenvalue weighted by Crippen LogP contribution is 2.38. The normalized spacial score (nSPS) is 17.6. The molecule has 4 nitrogen and oxygen atoms in total. The van der Waals surface area contributed by atoms with Crippen LogP contribution >= 0.6 is 0 Å². The minimum Gasteiger partial charge on any atom is -0.331 e. The maximum absolute atomic E-state index is 12.5. The molecule has 1 atom stereocenters. The van der Waals surface area contributed by atoms with Crippen molar-refractivity contribution < 1.29 is 9.59 Å². The average molecular weight is 316 g/mol. The number of benzene rings is 1. The molecule has 1 heterocycles. The molecule has 1 saturated heterocycles. The van der Waals surface area contributed by atoms with Crippen LogP contribution in [0.3, 0.4) is 0 Å². The highest BCUT2D eigenvalue weighted by atomic mass is 16.2. The Balaban J connectivity index is 2.05. The number of hydrogen-bond donors (Lipinski definition) is 1. The predicted molar refractivity (Wildman–Crippen MR) is 92.1 cm³/mol. The van der Waals surface area contributed by atoms with E-state index < -0.39 is 0 Å². The highest BCUT2D eigenvalue weighted by molar-refractivity contribution is 6.02. The van der Waals surface area contributed by atoms with Crippen molar-refractivity contribution in [2.75, 3.05) is 6.54 Å². The Morgan fingerprint density at radius 1 is 1.22 bits per heavy atom. The van der Waals surface area contributed by atoms with Crippen LogP contribution in [0.5, 0.6) is 0 Å². The standard InChI is InChI=1S/C19H28N2O2/c1-5-8-16(15-11-9-14(4)10-12-15)20-18(23)21-13-19(6-2,7-3)17(21)22/h9-12,16H,5-8,13H2,1-4H3,(H,20,23). The summed E-state index contributed by atoms with van der Waals surface area (Å²) < 4.78 is 0. The highest BCUT2D eigenvalue weighted by Gasteiger charge is 2.52. The number of amides is 3. The second-order valence-electron chi connectivity index (χ2n) is 6.58. The zero-order valence-electron chi connectivity index (χ0n) is 14.7. The number of imide groups is 1. The fraction of sp³-hybridized carbons (Fsp3) is 0.579. The molecule has 0 aromatic heterocycles. The first-order chi connectivity index (χ1) is 11.0. The zero-order valence-corrected chi connectivity index (χ0v) is 14.7. The Morgan fingerprint density at radius 2 is 1.83 bits per heavy atom. The number of likely N-dealkylation sites (tertiary alicyclic amines) is 1. The number of carbonyl (C=O) groups excluding carboxylic acids is 2. The van der Waals surface area contributed by atoms with Crippen LogP contribution < -0.4 is 5.32 Å². The first kappa shape index (κ1) is 17.5. The number of carbonyl (C=O) groups is 2. The molecule has 0 radical (unpaired) electrons. The maximum Gasteiger partial charge on any atom is 0.324 e. The van der Waals surface area contributed by atoms with Gasteiger partial charge in [-0.1, -0.05) is 57.0 Å². The number of nitrogens with one attached hydrogen (secondary N) is 1. The van der Waals surface area contributed by atoms with Gasteiger partial charge in [-0.15, -0.1) is 0 Å². The van der Waals surface area contributed by atoms with Crippen molar-refractivity contribution in [1.29, 1.82) is 0 Å². The number of hydrogen-bond acceptors (Lipinski definition) is 2. The average Bonchev–Trinajstić information content (AvgIpc) is 2.55. The van der Waals surface area contributed by atoms with Gasteiger partial charge in [0.1, 0.15) is 0 Å². The molecule has 2 rings (SSSR count). The van der Waals surface area contributed by atoms with E-state index in [4.69, 9.17) is 0 Å². The molecule has 0 spiro atoms. The van der Waals surface area contributed by atoms with Gasteiger partial charge in [-0.3, -0.25) is 9.69 Å². The smallest absolute Gasteiger partial charge is 0.324 e. The molecule has 1 aliphatic rings. The van der Waals surface area contributed by atoms with Crippen LogP contribution in [0.2, 0.25) is 0 Å². The molecule has 0 bridgehead atoms. The molecule has 1 unspecified atom stereocenters. The molecule has 1 aromatic carbocycles. The van der Waals surface area contributed by atoms with Crippen molar-refractivity contribution in [3.8, 4) is 0 Å². The summed E-state index contributed by atoms with van der Waals surface area (Å²) in [5, 5.41) is 3.04. The Kier molecular flexibility index (Phi) is 5.45. The van der Waals surface area contributed by atoms with E-state index in [-0.39, 0.29) is 23.4 Å². The molecular weight excluding hydrogens is 288 g/mol. The number of β-lactam (4-membered cyclic amide) rings is 1. The lowest BCUT2D eigenvalue weighted by molar-refractivity contribution is -0.155. The van der Waals surface area contributed by atoms with E-state index in [2.05, 4.69) is 36.5 Å². The van der Waals surface area contributed by atoms with Crippen LogP contribution in [0.1, 0.15) is 63.6 Å². The van der Waals surface area contributed by atoms with Gasteiger partial charge in [-0.25, -0.2) is 4.79 Å². The Labute approximate surface area is 139 Å². The maximum atomic E-state index is 12.5. The Bertz CT molecular complexity index is 561. The van der Waals surface area contributed by atoms with Crippen LogP contribution in [0.25, 0.3) is 0 Å². The van der Waals surface area contributed by atoms with Gasteiger partial charge in [-0.05, 0) is 31.7 Å². The van der Waals surface area contributed by atoms with Gasteiger partial charge in [-0.2, -0.15) is 0 Å². The summed E-state index contributed by atoms with van der Waals surface area (Å²) in [5.74, 6) is -0.0286. The van der Waals surface area contributed by atoms with Crippen molar-refractivity contribution in [2.45, 2.75) is 59.4 Å². The van der Waals surface area contributed by atoms with Crippen LogP contribution in [-0.4, -0.2) is 23.4 Å². The second kappa shape index (κ2) is 7.16. The second-order valence-corrected chi connectivity index (χ2v) is 6.58. The topological polar surface area (TPSA) is 49.4 Å². The van der Waals surface area contributed by atoms with Gasteiger partial charge in [0.25, 0.3) is 0 Å². The fourth-order valence-electron chi connectivity index (χ4n) is 3.21. The van der Waals surface area contributed by atoms with E-state index in [1.807, 2.05) is 20.8 Å². The van der Waals surface area contributed by atoms with E-state index >= 15 is 0 Å². The largest absolute Gasteiger partial charge is 0.331 e. The summed E-state index contributed by atoms with van der Waals surface area (Å²) in [6.45, 7) is 8.72. The summed E-state index contributed by atoms with van der Waals surface area (Å²) in [5.41, 5.74) is 1.97. The molecule has 0 aliphatic carbocycles. The quantitative estimate of drug-likeness (QED) is 0.800. The summed E-state index contributed by atoms with van der Waals surface area (Å²) in [6.07, 6.45) is 3.43.